The summed E-state index contributed by atoms with van der Waals surface area (Å²) in [5.41, 5.74) is 3.43. The number of aryl methyl sites for hydroxylation is 1. The zero-order chi connectivity index (χ0) is 15.6. The van der Waals surface area contributed by atoms with Crippen LogP contribution >= 0.6 is 0 Å². The predicted octanol–water partition coefficient (Wildman–Crippen LogP) is 3.71. The third kappa shape index (κ3) is 3.91. The highest BCUT2D eigenvalue weighted by Crippen LogP contribution is 2.24. The van der Waals surface area contributed by atoms with Crippen LogP contribution in [-0.4, -0.2) is 9.78 Å². The number of hydrogen-bond donors (Lipinski definition) is 1. The van der Waals surface area contributed by atoms with Crippen LogP contribution in [0.4, 0.5) is 4.39 Å². The lowest BCUT2D eigenvalue weighted by Gasteiger charge is -2.19. The molecule has 2 rings (SSSR count). The third-order valence-corrected chi connectivity index (χ3v) is 3.58. The Labute approximate surface area is 126 Å². The highest BCUT2D eigenvalue weighted by Gasteiger charge is 2.21. The largest absolute Gasteiger partial charge is 0.306 e. The van der Waals surface area contributed by atoms with Crippen molar-refractivity contribution >= 4 is 0 Å². The summed E-state index contributed by atoms with van der Waals surface area (Å²) in [5, 5.41) is 8.06. The Morgan fingerprint density at radius 3 is 2.43 bits per heavy atom. The molecule has 114 valence electrons. The van der Waals surface area contributed by atoms with Crippen LogP contribution in [0.1, 0.15) is 50.6 Å². The van der Waals surface area contributed by atoms with Crippen LogP contribution in [0.15, 0.2) is 30.5 Å². The van der Waals surface area contributed by atoms with E-state index in [0.29, 0.717) is 0 Å². The Hall–Kier alpha value is -1.68. The molecule has 21 heavy (non-hydrogen) atoms. The molecule has 0 spiro atoms. The van der Waals surface area contributed by atoms with E-state index in [0.717, 1.165) is 17.8 Å². The van der Waals surface area contributed by atoms with Crippen molar-refractivity contribution in [1.29, 1.82) is 0 Å². The van der Waals surface area contributed by atoms with Crippen molar-refractivity contribution in [3.8, 4) is 0 Å². The fraction of sp³-hybridized carbons (Fsp3) is 0.471. The van der Waals surface area contributed by atoms with E-state index < -0.39 is 0 Å². The zero-order valence-corrected chi connectivity index (χ0v) is 13.4. The standard InChI is InChI=1S/C17H24FN3/c1-12(13-6-8-15(18)9-7-13)19-10-14-11-21(5)20-16(14)17(2,3)4/h6-9,11-12,19H,10H2,1-5H3. The maximum absolute atomic E-state index is 13.0. The van der Waals surface area contributed by atoms with Crippen LogP contribution in [0.2, 0.25) is 0 Å². The van der Waals surface area contributed by atoms with Gasteiger partial charge in [-0.05, 0) is 24.6 Å². The number of rotatable bonds is 4. The zero-order valence-electron chi connectivity index (χ0n) is 13.4. The summed E-state index contributed by atoms with van der Waals surface area (Å²) in [4.78, 5) is 0. The highest BCUT2D eigenvalue weighted by molar-refractivity contribution is 5.25. The maximum atomic E-state index is 13.0. The van der Waals surface area contributed by atoms with Crippen LogP contribution in [0.25, 0.3) is 0 Å². The maximum Gasteiger partial charge on any atom is 0.123 e. The Bertz CT molecular complexity index is 593. The topological polar surface area (TPSA) is 29.9 Å². The summed E-state index contributed by atoms with van der Waals surface area (Å²) >= 11 is 0. The minimum Gasteiger partial charge on any atom is -0.306 e. The van der Waals surface area contributed by atoms with Gasteiger partial charge in [0.25, 0.3) is 0 Å². The molecule has 3 nitrogen and oxygen atoms in total. The van der Waals surface area contributed by atoms with Crippen LogP contribution < -0.4 is 5.32 Å². The third-order valence-electron chi connectivity index (χ3n) is 3.58. The number of nitrogens with zero attached hydrogens (tertiary/aromatic N) is 2. The quantitative estimate of drug-likeness (QED) is 0.930. The van der Waals surface area contributed by atoms with Crippen LogP contribution in [0.3, 0.4) is 0 Å². The average Bonchev–Trinajstić information content (AvgIpc) is 2.78. The van der Waals surface area contributed by atoms with E-state index in [-0.39, 0.29) is 17.3 Å². The minimum absolute atomic E-state index is 0.0252. The first-order valence-electron chi connectivity index (χ1n) is 7.29. The number of nitrogens with one attached hydrogen (secondary N) is 1. The predicted molar refractivity (Wildman–Crippen MR) is 83.6 cm³/mol. The van der Waals surface area contributed by atoms with Gasteiger partial charge in [-0.25, -0.2) is 4.39 Å². The van der Waals surface area contributed by atoms with Gasteiger partial charge in [0.05, 0.1) is 5.69 Å². The van der Waals surface area contributed by atoms with Crippen molar-refractivity contribution in [3.63, 3.8) is 0 Å². The summed E-state index contributed by atoms with van der Waals surface area (Å²) in [6.45, 7) is 9.34. The molecule has 0 aliphatic carbocycles. The van der Waals surface area contributed by atoms with Gasteiger partial charge in [0.15, 0.2) is 0 Å². The second-order valence-electron chi connectivity index (χ2n) is 6.58. The smallest absolute Gasteiger partial charge is 0.123 e. The summed E-state index contributed by atoms with van der Waals surface area (Å²) in [7, 11) is 1.95. The lowest BCUT2D eigenvalue weighted by molar-refractivity contribution is 0.531. The number of benzene rings is 1. The summed E-state index contributed by atoms with van der Waals surface area (Å²) in [6.07, 6.45) is 2.06. The molecule has 1 aromatic carbocycles. The molecule has 0 aliphatic heterocycles. The summed E-state index contributed by atoms with van der Waals surface area (Å²) in [6, 6.07) is 6.80. The highest BCUT2D eigenvalue weighted by atomic mass is 19.1. The van der Waals surface area contributed by atoms with E-state index in [9.17, 15) is 4.39 Å². The van der Waals surface area contributed by atoms with E-state index in [1.165, 1.54) is 17.7 Å². The van der Waals surface area contributed by atoms with Crippen molar-refractivity contribution in [2.24, 2.45) is 7.05 Å². The van der Waals surface area contributed by atoms with Gasteiger partial charge >= 0.3 is 0 Å². The first-order valence-corrected chi connectivity index (χ1v) is 7.29. The molecule has 1 heterocycles. The van der Waals surface area contributed by atoms with Crippen LogP contribution in [0.5, 0.6) is 0 Å². The lowest BCUT2D eigenvalue weighted by atomic mass is 9.89. The second kappa shape index (κ2) is 5.98. The molecule has 4 heteroatoms. The van der Waals surface area contributed by atoms with Crippen molar-refractivity contribution in [2.75, 3.05) is 0 Å². The van der Waals surface area contributed by atoms with Gasteiger partial charge in [-0.3, -0.25) is 4.68 Å². The molecule has 2 aromatic rings. The van der Waals surface area contributed by atoms with Gasteiger partial charge in [-0.15, -0.1) is 0 Å². The van der Waals surface area contributed by atoms with Gasteiger partial charge in [0.1, 0.15) is 5.82 Å². The first-order chi connectivity index (χ1) is 9.77. The monoisotopic (exact) mass is 289 g/mol. The molecule has 0 saturated carbocycles. The molecule has 1 N–H and O–H groups in total. The molecule has 1 aromatic heterocycles. The second-order valence-corrected chi connectivity index (χ2v) is 6.58. The number of aromatic nitrogens is 2. The van der Waals surface area contributed by atoms with Crippen LogP contribution in [-0.2, 0) is 19.0 Å². The average molecular weight is 289 g/mol. The Kier molecular flexibility index (Phi) is 4.47. The minimum atomic E-state index is -0.201. The molecule has 0 fully saturated rings. The van der Waals surface area contributed by atoms with E-state index in [1.54, 1.807) is 0 Å². The van der Waals surface area contributed by atoms with Crippen molar-refractivity contribution in [2.45, 2.75) is 45.7 Å². The fourth-order valence-electron chi connectivity index (χ4n) is 2.43. The van der Waals surface area contributed by atoms with E-state index in [4.69, 9.17) is 0 Å². The van der Waals surface area contributed by atoms with Crippen molar-refractivity contribution < 1.29 is 4.39 Å². The lowest BCUT2D eigenvalue weighted by Crippen LogP contribution is -2.21. The molecule has 0 saturated heterocycles. The normalized spacial score (nSPS) is 13.4. The van der Waals surface area contributed by atoms with Crippen LogP contribution in [0, 0.1) is 5.82 Å². The summed E-state index contributed by atoms with van der Waals surface area (Å²) in [5.74, 6) is -0.201. The molecular weight excluding hydrogens is 265 g/mol. The molecule has 0 radical (unpaired) electrons. The Balaban J connectivity index is 2.08. The van der Waals surface area contributed by atoms with E-state index in [2.05, 4.69) is 44.3 Å². The van der Waals surface area contributed by atoms with Gasteiger partial charge in [0, 0.05) is 36.8 Å². The van der Waals surface area contributed by atoms with Gasteiger partial charge in [0.2, 0.25) is 0 Å². The molecule has 0 aliphatic rings. The van der Waals surface area contributed by atoms with Gasteiger partial charge in [-0.2, -0.15) is 5.10 Å². The van der Waals surface area contributed by atoms with Gasteiger partial charge < -0.3 is 5.32 Å². The number of halogens is 1. The van der Waals surface area contributed by atoms with E-state index in [1.807, 2.05) is 23.9 Å². The molecular formula is C17H24FN3. The molecule has 1 unspecified atom stereocenters. The first kappa shape index (κ1) is 15.7. The fourth-order valence-corrected chi connectivity index (χ4v) is 2.43. The molecule has 0 amide bonds. The van der Waals surface area contributed by atoms with Gasteiger partial charge in [-0.1, -0.05) is 32.9 Å². The molecule has 0 bridgehead atoms. The Morgan fingerprint density at radius 1 is 1.24 bits per heavy atom. The number of hydrogen-bond acceptors (Lipinski definition) is 2. The Morgan fingerprint density at radius 2 is 1.86 bits per heavy atom. The summed E-state index contributed by atoms with van der Waals surface area (Å²) < 4.78 is 14.8. The van der Waals surface area contributed by atoms with Crippen molar-refractivity contribution in [1.82, 2.24) is 15.1 Å². The SMILES string of the molecule is CC(NCc1cn(C)nc1C(C)(C)C)c1ccc(F)cc1. The van der Waals surface area contributed by atoms with Crippen molar-refractivity contribution in [3.05, 3.63) is 53.1 Å². The molecule has 1 atom stereocenters. The van der Waals surface area contributed by atoms with E-state index >= 15 is 0 Å².